The Hall–Kier alpha value is -2.32. The zero-order valence-electron chi connectivity index (χ0n) is 12.2. The van der Waals surface area contributed by atoms with Crippen LogP contribution in [0.4, 0.5) is 10.5 Å². The molecule has 1 aromatic heterocycles. The van der Waals surface area contributed by atoms with Crippen molar-refractivity contribution in [2.24, 2.45) is 0 Å². The Balaban J connectivity index is 1.90. The van der Waals surface area contributed by atoms with Crippen LogP contribution in [0.1, 0.15) is 11.7 Å². The molecule has 1 atom stereocenters. The molecule has 118 valence electrons. The van der Waals surface area contributed by atoms with Gasteiger partial charge in [-0.05, 0) is 17.6 Å². The Morgan fingerprint density at radius 3 is 2.86 bits per heavy atom. The standard InChI is InChI=1S/C14H17N3O4S/c1-20-12-6-4-3-5-9(12)11(18)7-15-14(19)16-10-8-22-17-13(10)21-2/h3-6,8,11,18H,7H2,1-2H3,(H2,15,16,19). The molecular formula is C14H17N3O4S. The van der Waals surface area contributed by atoms with Crippen LogP contribution in [0.2, 0.25) is 0 Å². The van der Waals surface area contributed by atoms with Crippen molar-refractivity contribution in [2.45, 2.75) is 6.10 Å². The van der Waals surface area contributed by atoms with E-state index in [1.54, 1.807) is 23.6 Å². The van der Waals surface area contributed by atoms with Crippen molar-refractivity contribution >= 4 is 23.3 Å². The van der Waals surface area contributed by atoms with Gasteiger partial charge in [0.15, 0.2) is 0 Å². The fourth-order valence-corrected chi connectivity index (χ4v) is 2.45. The largest absolute Gasteiger partial charge is 0.496 e. The molecule has 0 aliphatic heterocycles. The first-order valence-electron chi connectivity index (χ1n) is 6.50. The molecule has 0 saturated carbocycles. The van der Waals surface area contributed by atoms with Gasteiger partial charge in [-0.3, -0.25) is 0 Å². The van der Waals surface area contributed by atoms with Gasteiger partial charge in [-0.25, -0.2) is 4.79 Å². The number of amides is 2. The Morgan fingerprint density at radius 2 is 2.14 bits per heavy atom. The minimum atomic E-state index is -0.871. The first kappa shape index (κ1) is 16.1. The Labute approximate surface area is 132 Å². The number of urea groups is 1. The maximum absolute atomic E-state index is 11.8. The zero-order valence-corrected chi connectivity index (χ0v) is 13.0. The molecule has 22 heavy (non-hydrogen) atoms. The van der Waals surface area contributed by atoms with Crippen LogP contribution in [0.5, 0.6) is 11.6 Å². The zero-order chi connectivity index (χ0) is 15.9. The number of nitrogens with zero attached hydrogens (tertiary/aromatic N) is 1. The highest BCUT2D eigenvalue weighted by atomic mass is 32.1. The van der Waals surface area contributed by atoms with E-state index in [0.717, 1.165) is 0 Å². The van der Waals surface area contributed by atoms with Crippen molar-refractivity contribution < 1.29 is 19.4 Å². The van der Waals surface area contributed by atoms with Crippen molar-refractivity contribution in [2.75, 3.05) is 26.1 Å². The number of nitrogens with one attached hydrogen (secondary N) is 2. The van der Waals surface area contributed by atoms with E-state index in [1.165, 1.54) is 25.8 Å². The molecule has 3 N–H and O–H groups in total. The third-order valence-corrected chi connectivity index (χ3v) is 3.54. The number of para-hydroxylation sites is 1. The number of carbonyl (C=O) groups excluding carboxylic acids is 1. The normalized spacial score (nSPS) is 11.6. The second-order valence-electron chi connectivity index (χ2n) is 4.33. The number of aliphatic hydroxyl groups is 1. The van der Waals surface area contributed by atoms with E-state index in [0.29, 0.717) is 22.9 Å². The van der Waals surface area contributed by atoms with Crippen LogP contribution in [-0.4, -0.2) is 36.3 Å². The van der Waals surface area contributed by atoms with Crippen LogP contribution < -0.4 is 20.1 Å². The fraction of sp³-hybridized carbons (Fsp3) is 0.286. The van der Waals surface area contributed by atoms with Gasteiger partial charge in [0.05, 0.1) is 20.3 Å². The number of carbonyl (C=O) groups is 1. The molecule has 2 rings (SSSR count). The van der Waals surface area contributed by atoms with Crippen molar-refractivity contribution in [3.8, 4) is 11.6 Å². The third kappa shape index (κ3) is 3.86. The summed E-state index contributed by atoms with van der Waals surface area (Å²) < 4.78 is 14.1. The van der Waals surface area contributed by atoms with E-state index in [2.05, 4.69) is 15.0 Å². The quantitative estimate of drug-likeness (QED) is 0.756. The van der Waals surface area contributed by atoms with E-state index < -0.39 is 12.1 Å². The van der Waals surface area contributed by atoms with E-state index in [1.807, 2.05) is 6.07 Å². The molecule has 0 radical (unpaired) electrons. The molecule has 1 aromatic carbocycles. The summed E-state index contributed by atoms with van der Waals surface area (Å²) in [5.74, 6) is 0.923. The van der Waals surface area contributed by atoms with Crippen molar-refractivity contribution in [1.82, 2.24) is 9.69 Å². The number of rotatable bonds is 6. The monoisotopic (exact) mass is 323 g/mol. The van der Waals surface area contributed by atoms with Gasteiger partial charge >= 0.3 is 6.03 Å². The van der Waals surface area contributed by atoms with Crippen molar-refractivity contribution in [1.29, 1.82) is 0 Å². The second kappa shape index (κ2) is 7.62. The topological polar surface area (TPSA) is 92.7 Å². The fourth-order valence-electron chi connectivity index (χ4n) is 1.86. The number of anilines is 1. The van der Waals surface area contributed by atoms with Gasteiger partial charge in [0.2, 0.25) is 5.88 Å². The third-order valence-electron chi connectivity index (χ3n) is 2.93. The number of hydrogen-bond donors (Lipinski definition) is 3. The van der Waals surface area contributed by atoms with Gasteiger partial charge in [0.25, 0.3) is 0 Å². The van der Waals surface area contributed by atoms with Gasteiger partial charge in [0.1, 0.15) is 11.4 Å². The van der Waals surface area contributed by atoms with Gasteiger partial charge in [-0.1, -0.05) is 18.2 Å². The molecule has 0 fully saturated rings. The summed E-state index contributed by atoms with van der Waals surface area (Å²) in [5.41, 5.74) is 1.09. The van der Waals surface area contributed by atoms with E-state index in [9.17, 15) is 9.90 Å². The number of hydrogen-bond acceptors (Lipinski definition) is 6. The number of aromatic nitrogens is 1. The first-order chi connectivity index (χ1) is 10.7. The van der Waals surface area contributed by atoms with Crippen LogP contribution in [0, 0.1) is 0 Å². The highest BCUT2D eigenvalue weighted by Gasteiger charge is 2.15. The average molecular weight is 323 g/mol. The highest BCUT2D eigenvalue weighted by Crippen LogP contribution is 2.25. The maximum atomic E-state index is 11.8. The minimum absolute atomic E-state index is 0.0477. The van der Waals surface area contributed by atoms with Gasteiger partial charge < -0.3 is 25.2 Å². The van der Waals surface area contributed by atoms with E-state index in [4.69, 9.17) is 9.47 Å². The summed E-state index contributed by atoms with van der Waals surface area (Å²) in [4.78, 5) is 11.8. The summed E-state index contributed by atoms with van der Waals surface area (Å²) in [6.45, 7) is 0.0477. The first-order valence-corrected chi connectivity index (χ1v) is 7.33. The molecule has 8 heteroatoms. The number of methoxy groups -OCH3 is 2. The molecule has 7 nitrogen and oxygen atoms in total. The summed E-state index contributed by atoms with van der Waals surface area (Å²) in [5, 5.41) is 17.0. The summed E-state index contributed by atoms with van der Waals surface area (Å²) in [6, 6.07) is 6.65. The van der Waals surface area contributed by atoms with Crippen molar-refractivity contribution in [3.05, 3.63) is 35.2 Å². The average Bonchev–Trinajstić information content (AvgIpc) is 2.99. The summed E-state index contributed by atoms with van der Waals surface area (Å²) in [7, 11) is 3.01. The maximum Gasteiger partial charge on any atom is 0.319 e. The number of benzene rings is 1. The van der Waals surface area contributed by atoms with E-state index in [-0.39, 0.29) is 6.54 Å². The molecule has 1 heterocycles. The van der Waals surface area contributed by atoms with E-state index >= 15 is 0 Å². The summed E-state index contributed by atoms with van der Waals surface area (Å²) in [6.07, 6.45) is -0.871. The highest BCUT2D eigenvalue weighted by molar-refractivity contribution is 7.04. The Kier molecular flexibility index (Phi) is 5.56. The van der Waals surface area contributed by atoms with Gasteiger partial charge in [-0.15, -0.1) is 0 Å². The Morgan fingerprint density at radius 1 is 1.36 bits per heavy atom. The predicted molar refractivity (Wildman–Crippen MR) is 83.6 cm³/mol. The molecule has 0 bridgehead atoms. The molecule has 0 spiro atoms. The van der Waals surface area contributed by atoms with Gasteiger partial charge in [-0.2, -0.15) is 4.37 Å². The molecule has 0 aliphatic carbocycles. The molecular weight excluding hydrogens is 306 g/mol. The molecule has 2 aromatic rings. The lowest BCUT2D eigenvalue weighted by atomic mass is 10.1. The molecule has 0 saturated heterocycles. The minimum Gasteiger partial charge on any atom is -0.496 e. The van der Waals surface area contributed by atoms with Crippen LogP contribution in [0.25, 0.3) is 0 Å². The SMILES string of the molecule is COc1ccccc1C(O)CNC(=O)Nc1csnc1OC. The van der Waals surface area contributed by atoms with Crippen molar-refractivity contribution in [3.63, 3.8) is 0 Å². The lowest BCUT2D eigenvalue weighted by Gasteiger charge is -2.15. The lowest BCUT2D eigenvalue weighted by molar-refractivity contribution is 0.171. The number of ether oxygens (including phenoxy) is 2. The van der Waals surface area contributed by atoms with Gasteiger partial charge in [0, 0.05) is 17.5 Å². The Bertz CT molecular complexity index is 632. The van der Waals surface area contributed by atoms with Crippen LogP contribution in [0.15, 0.2) is 29.6 Å². The number of aliphatic hydroxyl groups excluding tert-OH is 1. The molecule has 0 aliphatic rings. The molecule has 1 unspecified atom stereocenters. The lowest BCUT2D eigenvalue weighted by Crippen LogP contribution is -2.32. The van der Waals surface area contributed by atoms with Crippen LogP contribution in [-0.2, 0) is 0 Å². The predicted octanol–water partition coefficient (Wildman–Crippen LogP) is 2.02. The second-order valence-corrected chi connectivity index (χ2v) is 4.96. The molecule has 2 amide bonds. The smallest absolute Gasteiger partial charge is 0.319 e. The van der Waals surface area contributed by atoms with Crippen LogP contribution >= 0.6 is 11.5 Å². The summed E-state index contributed by atoms with van der Waals surface area (Å²) >= 11 is 1.18. The van der Waals surface area contributed by atoms with Crippen LogP contribution in [0.3, 0.4) is 0 Å².